The van der Waals surface area contributed by atoms with Crippen LogP contribution in [-0.2, 0) is 14.3 Å². The second-order valence-corrected chi connectivity index (χ2v) is 11.8. The summed E-state index contributed by atoms with van der Waals surface area (Å²) >= 11 is 0. The van der Waals surface area contributed by atoms with E-state index in [2.05, 4.69) is 11.7 Å². The minimum atomic E-state index is -6.59. The van der Waals surface area contributed by atoms with Gasteiger partial charge in [-0.1, -0.05) is 74.7 Å². The maximum atomic E-state index is 13.3. The van der Waals surface area contributed by atoms with E-state index in [9.17, 15) is 40.3 Å². The zero-order valence-electron chi connectivity index (χ0n) is 27.5. The molecule has 268 valence electrons. The number of esters is 2. The molecule has 0 heterocycles. The summed E-state index contributed by atoms with van der Waals surface area (Å²) in [5.41, 5.74) is 4.43. The number of hydrogen-bond acceptors (Lipinski definition) is 5. The van der Waals surface area contributed by atoms with Gasteiger partial charge in [-0.15, -0.1) is 0 Å². The van der Waals surface area contributed by atoms with Gasteiger partial charge in [0, 0.05) is 0 Å². The number of rotatable bonds is 19. The van der Waals surface area contributed by atoms with E-state index in [1.165, 1.54) is 6.42 Å². The monoisotopic (exact) mass is 698 g/mol. The van der Waals surface area contributed by atoms with Crippen LogP contribution >= 0.6 is 0 Å². The molecule has 0 amide bonds. The van der Waals surface area contributed by atoms with Gasteiger partial charge in [0.2, 0.25) is 0 Å². The summed E-state index contributed by atoms with van der Waals surface area (Å²) in [7, 11) is 0. The number of hydrogen-bond donors (Lipinski definition) is 0. The maximum absolute atomic E-state index is 13.3. The molecule has 5 nitrogen and oxygen atoms in total. The molecule has 0 aliphatic heterocycles. The molecule has 0 radical (unpaired) electrons. The summed E-state index contributed by atoms with van der Waals surface area (Å²) < 4.78 is 104. The SMILES string of the molecule is CCCCCC[C@H](C)OC(=O)c1ccc(-c2ccc(-c3ccc(OCCCCCCOC(=O)C(F)(F)C(F)(F)C(F)(F)F)cc3)cc2)cc1. The third-order valence-electron chi connectivity index (χ3n) is 7.85. The molecule has 3 rings (SSSR count). The fraction of sp³-hybridized carbons (Fsp3) is 0.459. The van der Waals surface area contributed by atoms with Crippen LogP contribution in [0.25, 0.3) is 22.3 Å². The summed E-state index contributed by atoms with van der Waals surface area (Å²) in [6, 6.07) is 22.7. The van der Waals surface area contributed by atoms with Crippen LogP contribution in [-0.4, -0.2) is 49.3 Å². The van der Waals surface area contributed by atoms with Crippen LogP contribution < -0.4 is 4.74 Å². The largest absolute Gasteiger partial charge is 0.494 e. The molecule has 0 aliphatic rings. The molecule has 0 spiro atoms. The molecular weight excluding hydrogens is 657 g/mol. The van der Waals surface area contributed by atoms with Gasteiger partial charge in [0.05, 0.1) is 24.9 Å². The Labute approximate surface area is 281 Å². The van der Waals surface area contributed by atoms with E-state index < -0.39 is 30.6 Å². The zero-order chi connectivity index (χ0) is 36.1. The van der Waals surface area contributed by atoms with E-state index >= 15 is 0 Å². The van der Waals surface area contributed by atoms with Crippen molar-refractivity contribution in [2.24, 2.45) is 0 Å². The van der Waals surface area contributed by atoms with Crippen molar-refractivity contribution in [1.29, 1.82) is 0 Å². The lowest BCUT2D eigenvalue weighted by Crippen LogP contribution is -2.56. The van der Waals surface area contributed by atoms with Gasteiger partial charge in [0.25, 0.3) is 0 Å². The number of alkyl halides is 7. The Kier molecular flexibility index (Phi) is 14.5. The molecule has 49 heavy (non-hydrogen) atoms. The molecule has 3 aromatic rings. The van der Waals surface area contributed by atoms with E-state index in [1.807, 2.05) is 67.6 Å². The minimum absolute atomic E-state index is 0.00544. The maximum Gasteiger partial charge on any atom is 0.460 e. The Hall–Kier alpha value is -4.09. The van der Waals surface area contributed by atoms with E-state index in [4.69, 9.17) is 9.47 Å². The number of unbranched alkanes of at least 4 members (excludes halogenated alkanes) is 6. The Morgan fingerprint density at radius 1 is 0.633 bits per heavy atom. The van der Waals surface area contributed by atoms with E-state index in [1.54, 1.807) is 12.1 Å². The Bertz CT molecular complexity index is 1450. The summed E-state index contributed by atoms with van der Waals surface area (Å²) in [5.74, 6) is -15.2. The first kappa shape index (κ1) is 39.3. The van der Waals surface area contributed by atoms with Crippen molar-refractivity contribution >= 4 is 11.9 Å². The normalized spacial score (nSPS) is 12.8. The van der Waals surface area contributed by atoms with Crippen LogP contribution in [0, 0.1) is 0 Å². The molecule has 0 saturated carbocycles. The second kappa shape index (κ2) is 18.1. The number of benzene rings is 3. The van der Waals surface area contributed by atoms with E-state index in [0.29, 0.717) is 37.2 Å². The predicted molar refractivity (Wildman–Crippen MR) is 172 cm³/mol. The quantitative estimate of drug-likeness (QED) is 0.0708. The van der Waals surface area contributed by atoms with Crippen molar-refractivity contribution in [3.8, 4) is 28.0 Å². The molecule has 0 unspecified atom stereocenters. The third-order valence-corrected chi connectivity index (χ3v) is 7.85. The van der Waals surface area contributed by atoms with Crippen molar-refractivity contribution in [2.75, 3.05) is 13.2 Å². The summed E-state index contributed by atoms with van der Waals surface area (Å²) in [5, 5.41) is 0. The van der Waals surface area contributed by atoms with Crippen LogP contribution in [0.1, 0.15) is 82.0 Å². The molecule has 0 bridgehead atoms. The average Bonchev–Trinajstić information content (AvgIpc) is 3.07. The lowest BCUT2D eigenvalue weighted by atomic mass is 9.99. The van der Waals surface area contributed by atoms with Gasteiger partial charge in [-0.3, -0.25) is 0 Å². The van der Waals surface area contributed by atoms with Crippen LogP contribution in [0.3, 0.4) is 0 Å². The number of carbonyl (C=O) groups excluding carboxylic acids is 2. The summed E-state index contributed by atoms with van der Waals surface area (Å²) in [6.45, 7) is 3.68. The molecular formula is C37H41F7O5. The van der Waals surface area contributed by atoms with Gasteiger partial charge in [-0.05, 0) is 92.0 Å². The Morgan fingerprint density at radius 3 is 1.61 bits per heavy atom. The molecule has 0 aromatic heterocycles. The first-order chi connectivity index (χ1) is 23.2. The summed E-state index contributed by atoms with van der Waals surface area (Å²) in [4.78, 5) is 23.7. The predicted octanol–water partition coefficient (Wildman–Crippen LogP) is 10.9. The topological polar surface area (TPSA) is 61.8 Å². The second-order valence-electron chi connectivity index (χ2n) is 11.8. The van der Waals surface area contributed by atoms with Crippen molar-refractivity contribution in [2.45, 2.75) is 95.8 Å². The Balaban J connectivity index is 1.37. The first-order valence-electron chi connectivity index (χ1n) is 16.3. The highest BCUT2D eigenvalue weighted by molar-refractivity contribution is 5.90. The molecule has 0 fully saturated rings. The highest BCUT2D eigenvalue weighted by atomic mass is 19.4. The highest BCUT2D eigenvalue weighted by Gasteiger charge is 2.77. The number of halogens is 7. The molecule has 0 N–H and O–H groups in total. The molecule has 0 saturated heterocycles. The fourth-order valence-electron chi connectivity index (χ4n) is 4.88. The molecule has 0 aliphatic carbocycles. The van der Waals surface area contributed by atoms with Crippen LogP contribution in [0.15, 0.2) is 72.8 Å². The van der Waals surface area contributed by atoms with Crippen molar-refractivity contribution < 1.29 is 54.5 Å². The lowest BCUT2D eigenvalue weighted by Gasteiger charge is -2.26. The highest BCUT2D eigenvalue weighted by Crippen LogP contribution is 2.47. The third kappa shape index (κ3) is 11.2. The minimum Gasteiger partial charge on any atom is -0.494 e. The zero-order valence-corrected chi connectivity index (χ0v) is 27.5. The average molecular weight is 699 g/mol. The Morgan fingerprint density at radius 2 is 1.10 bits per heavy atom. The van der Waals surface area contributed by atoms with Crippen LogP contribution in [0.5, 0.6) is 5.75 Å². The van der Waals surface area contributed by atoms with Gasteiger partial charge in [0.15, 0.2) is 0 Å². The van der Waals surface area contributed by atoms with Crippen molar-refractivity contribution in [1.82, 2.24) is 0 Å². The first-order valence-corrected chi connectivity index (χ1v) is 16.3. The van der Waals surface area contributed by atoms with Gasteiger partial charge in [-0.25, -0.2) is 9.59 Å². The summed E-state index contributed by atoms with van der Waals surface area (Å²) in [6.07, 6.45) is 0.0777. The van der Waals surface area contributed by atoms with Crippen molar-refractivity contribution in [3.05, 3.63) is 78.4 Å². The fourth-order valence-corrected chi connectivity index (χ4v) is 4.88. The van der Waals surface area contributed by atoms with Gasteiger partial charge < -0.3 is 14.2 Å². The van der Waals surface area contributed by atoms with Gasteiger partial charge >= 0.3 is 30.0 Å². The van der Waals surface area contributed by atoms with E-state index in [-0.39, 0.29) is 18.5 Å². The van der Waals surface area contributed by atoms with Crippen molar-refractivity contribution in [3.63, 3.8) is 0 Å². The smallest absolute Gasteiger partial charge is 0.460 e. The van der Waals surface area contributed by atoms with Crippen LogP contribution in [0.4, 0.5) is 30.7 Å². The van der Waals surface area contributed by atoms with Gasteiger partial charge in [-0.2, -0.15) is 30.7 Å². The molecule has 3 aromatic carbocycles. The molecule has 1 atom stereocenters. The molecule has 12 heteroatoms. The number of carbonyl (C=O) groups is 2. The van der Waals surface area contributed by atoms with Gasteiger partial charge in [0.1, 0.15) is 5.75 Å². The standard InChI is InChI=1S/C37H41F7O5/c1-3-4-5-8-11-26(2)49-33(45)31-18-16-29(17-19-31)27-12-14-28(15-13-27)30-20-22-32(23-21-30)47-24-9-6-7-10-25-48-34(46)35(38,39)36(40,41)37(42,43)44/h12-23,26H,3-11,24-25H2,1-2H3/t26-/m0/s1. The van der Waals surface area contributed by atoms with E-state index in [0.717, 1.165) is 47.9 Å². The number of ether oxygens (including phenoxy) is 3. The van der Waals surface area contributed by atoms with Crippen LogP contribution in [0.2, 0.25) is 0 Å². The lowest BCUT2D eigenvalue weighted by molar-refractivity contribution is -0.348.